The van der Waals surface area contributed by atoms with Gasteiger partial charge in [-0.25, -0.2) is 0 Å². The van der Waals surface area contributed by atoms with E-state index in [0.717, 1.165) is 36.3 Å². The van der Waals surface area contributed by atoms with E-state index in [0.29, 0.717) is 12.6 Å². The van der Waals surface area contributed by atoms with Crippen LogP contribution >= 0.6 is 0 Å². The fourth-order valence-electron chi connectivity index (χ4n) is 3.37. The number of Topliss-reactive ketones (excluding diaryl/α,β-unsaturated/α-hetero) is 1. The van der Waals surface area contributed by atoms with Crippen molar-refractivity contribution in [3.05, 3.63) is 34.4 Å². The van der Waals surface area contributed by atoms with Crippen LogP contribution in [0.3, 0.4) is 0 Å². The van der Waals surface area contributed by atoms with Gasteiger partial charge in [-0.3, -0.25) is 9.69 Å². The van der Waals surface area contributed by atoms with E-state index >= 15 is 0 Å². The van der Waals surface area contributed by atoms with E-state index in [4.69, 9.17) is 4.74 Å². The van der Waals surface area contributed by atoms with Crippen LogP contribution in [0, 0.1) is 20.8 Å². The lowest BCUT2D eigenvalue weighted by Gasteiger charge is -2.38. The third-order valence-corrected chi connectivity index (χ3v) is 4.35. The van der Waals surface area contributed by atoms with E-state index in [1.807, 2.05) is 13.8 Å². The first kappa shape index (κ1) is 16.2. The molecule has 0 amide bonds. The molecule has 1 aliphatic heterocycles. The summed E-state index contributed by atoms with van der Waals surface area (Å²) in [5.41, 5.74) is 4.29. The summed E-state index contributed by atoms with van der Waals surface area (Å²) in [4.78, 5) is 15.0. The highest BCUT2D eigenvalue weighted by atomic mass is 16.5. The number of benzene rings is 1. The average Bonchev–Trinajstić information content (AvgIpc) is 2.37. The first-order chi connectivity index (χ1) is 9.92. The maximum absolute atomic E-state index is 12.8. The number of hydrogen-bond acceptors (Lipinski definition) is 3. The van der Waals surface area contributed by atoms with Gasteiger partial charge in [-0.2, -0.15) is 0 Å². The Morgan fingerprint density at radius 2 is 1.90 bits per heavy atom. The van der Waals surface area contributed by atoms with Crippen molar-refractivity contribution in [2.45, 2.75) is 53.2 Å². The Balaban J connectivity index is 2.17. The number of carbonyl (C=O) groups is 1. The van der Waals surface area contributed by atoms with Crippen LogP contribution in [0.1, 0.15) is 47.3 Å². The van der Waals surface area contributed by atoms with E-state index in [9.17, 15) is 4.79 Å². The molecular formula is C18H27NO2. The molecular weight excluding hydrogens is 262 g/mol. The van der Waals surface area contributed by atoms with Crippen LogP contribution in [0.2, 0.25) is 0 Å². The zero-order chi connectivity index (χ0) is 15.6. The van der Waals surface area contributed by atoms with Gasteiger partial charge in [0.05, 0.1) is 19.3 Å². The van der Waals surface area contributed by atoms with Crippen molar-refractivity contribution in [1.82, 2.24) is 4.90 Å². The molecule has 0 aromatic heterocycles. The molecule has 3 heteroatoms. The summed E-state index contributed by atoms with van der Waals surface area (Å²) in [6, 6.07) is 4.55. The number of rotatable bonds is 4. The molecule has 1 aromatic rings. The molecule has 0 saturated carbocycles. The summed E-state index contributed by atoms with van der Waals surface area (Å²) in [5, 5.41) is 0. The predicted molar refractivity (Wildman–Crippen MR) is 86.0 cm³/mol. The third kappa shape index (κ3) is 3.72. The standard InChI is InChI=1S/C18H27NO2/c1-6-16-11-21-15(5)9-19(16)10-17(20)18-13(3)7-12(2)8-14(18)4/h7-8,15-16H,6,9-11H2,1-5H3. The predicted octanol–water partition coefficient (Wildman–Crippen LogP) is 3.29. The number of ketones is 1. The lowest BCUT2D eigenvalue weighted by atomic mass is 9.96. The number of morpholine rings is 1. The summed E-state index contributed by atoms with van der Waals surface area (Å²) >= 11 is 0. The minimum absolute atomic E-state index is 0.209. The van der Waals surface area contributed by atoms with E-state index in [1.54, 1.807) is 0 Å². The monoisotopic (exact) mass is 289 g/mol. The normalized spacial score (nSPS) is 23.3. The largest absolute Gasteiger partial charge is 0.376 e. The lowest BCUT2D eigenvalue weighted by Crippen LogP contribution is -2.50. The summed E-state index contributed by atoms with van der Waals surface area (Å²) in [6.07, 6.45) is 1.23. The topological polar surface area (TPSA) is 29.5 Å². The van der Waals surface area contributed by atoms with Gasteiger partial charge in [0.1, 0.15) is 0 Å². The van der Waals surface area contributed by atoms with Gasteiger partial charge in [0.2, 0.25) is 0 Å². The number of aryl methyl sites for hydroxylation is 3. The number of nitrogens with zero attached hydrogens (tertiary/aromatic N) is 1. The Morgan fingerprint density at radius 1 is 1.29 bits per heavy atom. The van der Waals surface area contributed by atoms with Gasteiger partial charge in [-0.05, 0) is 45.2 Å². The molecule has 1 heterocycles. The van der Waals surface area contributed by atoms with Crippen molar-refractivity contribution in [3.8, 4) is 0 Å². The second kappa shape index (κ2) is 6.71. The minimum Gasteiger partial charge on any atom is -0.376 e. The van der Waals surface area contributed by atoms with E-state index in [1.165, 1.54) is 5.56 Å². The summed E-state index contributed by atoms with van der Waals surface area (Å²) in [6.45, 7) is 12.4. The molecule has 0 bridgehead atoms. The molecule has 3 nitrogen and oxygen atoms in total. The second-order valence-electron chi connectivity index (χ2n) is 6.33. The highest BCUT2D eigenvalue weighted by Gasteiger charge is 2.28. The second-order valence-corrected chi connectivity index (χ2v) is 6.33. The highest BCUT2D eigenvalue weighted by molar-refractivity contribution is 6.00. The fraction of sp³-hybridized carbons (Fsp3) is 0.611. The van der Waals surface area contributed by atoms with E-state index in [2.05, 4.69) is 37.8 Å². The van der Waals surface area contributed by atoms with Gasteiger partial charge < -0.3 is 4.74 Å². The number of hydrogen-bond donors (Lipinski definition) is 0. The number of ether oxygens (including phenoxy) is 1. The lowest BCUT2D eigenvalue weighted by molar-refractivity contribution is -0.0523. The summed E-state index contributed by atoms with van der Waals surface area (Å²) in [7, 11) is 0. The van der Waals surface area contributed by atoms with Crippen molar-refractivity contribution >= 4 is 5.78 Å². The molecule has 1 aliphatic rings. The van der Waals surface area contributed by atoms with E-state index in [-0.39, 0.29) is 11.9 Å². The van der Waals surface area contributed by atoms with Gasteiger partial charge >= 0.3 is 0 Å². The molecule has 0 N–H and O–H groups in total. The van der Waals surface area contributed by atoms with Crippen LogP contribution in [-0.4, -0.2) is 42.5 Å². The highest BCUT2D eigenvalue weighted by Crippen LogP contribution is 2.20. The van der Waals surface area contributed by atoms with Crippen molar-refractivity contribution in [2.75, 3.05) is 19.7 Å². The molecule has 2 unspecified atom stereocenters. The van der Waals surface area contributed by atoms with Gasteiger partial charge in [0.15, 0.2) is 5.78 Å². The maximum Gasteiger partial charge on any atom is 0.177 e. The summed E-state index contributed by atoms with van der Waals surface area (Å²) in [5.74, 6) is 0.234. The van der Waals surface area contributed by atoms with Gasteiger partial charge in [-0.1, -0.05) is 24.6 Å². The molecule has 1 aromatic carbocycles. The van der Waals surface area contributed by atoms with Crippen LogP contribution in [0.25, 0.3) is 0 Å². The van der Waals surface area contributed by atoms with Crippen molar-refractivity contribution in [3.63, 3.8) is 0 Å². The fourth-order valence-corrected chi connectivity index (χ4v) is 3.37. The quantitative estimate of drug-likeness (QED) is 0.797. The maximum atomic E-state index is 12.8. The van der Waals surface area contributed by atoms with Crippen LogP contribution < -0.4 is 0 Å². The Hall–Kier alpha value is -1.19. The molecule has 116 valence electrons. The molecule has 0 aliphatic carbocycles. The van der Waals surface area contributed by atoms with Crippen LogP contribution in [-0.2, 0) is 4.74 Å². The first-order valence-corrected chi connectivity index (χ1v) is 7.89. The van der Waals surface area contributed by atoms with Crippen LogP contribution in [0.15, 0.2) is 12.1 Å². The van der Waals surface area contributed by atoms with Crippen molar-refractivity contribution < 1.29 is 9.53 Å². The number of carbonyl (C=O) groups excluding carboxylic acids is 1. The third-order valence-electron chi connectivity index (χ3n) is 4.35. The first-order valence-electron chi connectivity index (χ1n) is 7.89. The smallest absolute Gasteiger partial charge is 0.177 e. The van der Waals surface area contributed by atoms with Crippen LogP contribution in [0.5, 0.6) is 0 Å². The average molecular weight is 289 g/mol. The molecule has 21 heavy (non-hydrogen) atoms. The van der Waals surface area contributed by atoms with Gasteiger partial charge in [0, 0.05) is 18.2 Å². The molecule has 1 fully saturated rings. The molecule has 0 spiro atoms. The Morgan fingerprint density at radius 3 is 2.48 bits per heavy atom. The zero-order valence-corrected chi connectivity index (χ0v) is 13.9. The van der Waals surface area contributed by atoms with E-state index < -0.39 is 0 Å². The minimum atomic E-state index is 0.209. The Kier molecular flexibility index (Phi) is 5.17. The molecule has 1 saturated heterocycles. The molecule has 0 radical (unpaired) electrons. The Bertz CT molecular complexity index is 501. The van der Waals surface area contributed by atoms with Gasteiger partial charge in [0.25, 0.3) is 0 Å². The molecule has 2 rings (SSSR count). The van der Waals surface area contributed by atoms with Crippen molar-refractivity contribution in [1.29, 1.82) is 0 Å². The van der Waals surface area contributed by atoms with Crippen LogP contribution in [0.4, 0.5) is 0 Å². The van der Waals surface area contributed by atoms with Gasteiger partial charge in [-0.15, -0.1) is 0 Å². The Labute approximate surface area is 128 Å². The summed E-state index contributed by atoms with van der Waals surface area (Å²) < 4.78 is 5.71. The molecule has 2 atom stereocenters. The van der Waals surface area contributed by atoms with Crippen molar-refractivity contribution in [2.24, 2.45) is 0 Å². The SMILES string of the molecule is CCC1COC(C)CN1CC(=O)c1c(C)cc(C)cc1C. The zero-order valence-electron chi connectivity index (χ0n) is 13.9.